The highest BCUT2D eigenvalue weighted by molar-refractivity contribution is 5.83. The van der Waals surface area contributed by atoms with Crippen molar-refractivity contribution < 1.29 is 8.78 Å². The van der Waals surface area contributed by atoms with Gasteiger partial charge in [-0.2, -0.15) is 0 Å². The Morgan fingerprint density at radius 3 is 2.18 bits per heavy atom. The van der Waals surface area contributed by atoms with Gasteiger partial charge in [0.25, 0.3) is 0 Å². The van der Waals surface area contributed by atoms with E-state index in [0.29, 0.717) is 11.8 Å². The molecule has 172 valence electrons. The zero-order valence-corrected chi connectivity index (χ0v) is 19.7. The smallest absolute Gasteiger partial charge is 0.159 e. The van der Waals surface area contributed by atoms with E-state index >= 15 is 0 Å². The summed E-state index contributed by atoms with van der Waals surface area (Å²) < 4.78 is 27.1. The second-order valence-corrected chi connectivity index (χ2v) is 9.55. The first kappa shape index (κ1) is 23.5. The molecular weight excluding hydrogens is 410 g/mol. The lowest BCUT2D eigenvalue weighted by Crippen LogP contribution is -2.12. The molecule has 1 saturated carbocycles. The van der Waals surface area contributed by atoms with Crippen LogP contribution in [0.25, 0.3) is 10.8 Å². The topological polar surface area (TPSA) is 0 Å². The molecule has 0 radical (unpaired) electrons. The predicted octanol–water partition coefficient (Wildman–Crippen LogP) is 8.96. The molecule has 33 heavy (non-hydrogen) atoms. The molecule has 3 aromatic carbocycles. The minimum Gasteiger partial charge on any atom is -0.204 e. The Bertz CT molecular complexity index is 1110. The number of fused-ring (bicyclic) bond motifs is 1. The third-order valence-corrected chi connectivity index (χ3v) is 7.05. The summed E-state index contributed by atoms with van der Waals surface area (Å²) >= 11 is 0. The molecule has 1 aliphatic carbocycles. The van der Waals surface area contributed by atoms with E-state index in [-0.39, 0.29) is 0 Å². The van der Waals surface area contributed by atoms with Gasteiger partial charge in [-0.3, -0.25) is 0 Å². The van der Waals surface area contributed by atoms with Crippen molar-refractivity contribution in [1.82, 2.24) is 0 Å². The minimum absolute atomic E-state index is 0.437. The lowest BCUT2D eigenvalue weighted by molar-refractivity contribution is 0.385. The van der Waals surface area contributed by atoms with Crippen LogP contribution < -0.4 is 0 Å². The summed E-state index contributed by atoms with van der Waals surface area (Å²) in [6.07, 6.45) is 12.1. The van der Waals surface area contributed by atoms with Gasteiger partial charge in [-0.1, -0.05) is 74.8 Å². The van der Waals surface area contributed by atoms with Crippen LogP contribution in [0.4, 0.5) is 8.78 Å². The van der Waals surface area contributed by atoms with E-state index in [2.05, 4.69) is 49.1 Å². The van der Waals surface area contributed by atoms with E-state index in [9.17, 15) is 8.78 Å². The molecule has 0 saturated heterocycles. The Morgan fingerprint density at radius 2 is 1.45 bits per heavy atom. The highest BCUT2D eigenvalue weighted by Crippen LogP contribution is 2.36. The summed E-state index contributed by atoms with van der Waals surface area (Å²) in [6.45, 7) is 2.25. The average molecular weight is 445 g/mol. The van der Waals surface area contributed by atoms with Crippen LogP contribution in [0.5, 0.6) is 0 Å². The van der Waals surface area contributed by atoms with Crippen molar-refractivity contribution in [2.24, 2.45) is 5.92 Å². The van der Waals surface area contributed by atoms with Gasteiger partial charge in [-0.15, -0.1) is 0 Å². The van der Waals surface area contributed by atoms with E-state index in [4.69, 9.17) is 0 Å². The molecule has 0 bridgehead atoms. The van der Waals surface area contributed by atoms with Crippen LogP contribution in [0.1, 0.15) is 87.3 Å². The van der Waals surface area contributed by atoms with E-state index in [1.807, 2.05) is 12.1 Å². The maximum Gasteiger partial charge on any atom is 0.159 e. The van der Waals surface area contributed by atoms with Gasteiger partial charge in [0.2, 0.25) is 0 Å². The lowest BCUT2D eigenvalue weighted by atomic mass is 9.78. The highest BCUT2D eigenvalue weighted by atomic mass is 19.2. The third-order valence-electron chi connectivity index (χ3n) is 7.05. The summed E-state index contributed by atoms with van der Waals surface area (Å²) in [5.41, 5.74) is 3.75. The first-order valence-corrected chi connectivity index (χ1v) is 12.6. The van der Waals surface area contributed by atoms with Crippen molar-refractivity contribution in [3.8, 4) is 11.8 Å². The normalized spacial score (nSPS) is 18.2. The zero-order chi connectivity index (χ0) is 23.0. The van der Waals surface area contributed by atoms with Crippen molar-refractivity contribution in [3.05, 3.63) is 82.9 Å². The molecule has 1 fully saturated rings. The maximum atomic E-state index is 13.6. The minimum atomic E-state index is -0.786. The second-order valence-electron chi connectivity index (χ2n) is 9.55. The van der Waals surface area contributed by atoms with E-state index in [1.165, 1.54) is 55.4 Å². The van der Waals surface area contributed by atoms with Crippen LogP contribution >= 0.6 is 0 Å². The summed E-state index contributed by atoms with van der Waals surface area (Å²) in [6, 6.07) is 17.4. The molecule has 3 aromatic rings. The van der Waals surface area contributed by atoms with Crippen molar-refractivity contribution >= 4 is 10.8 Å². The SMILES string of the molecule is CCCCCCCc1ccc(C#CC2CCC(c3ccc4cc(F)c(F)cc4c3)CC2)cc1. The van der Waals surface area contributed by atoms with Gasteiger partial charge in [0, 0.05) is 11.5 Å². The molecular formula is C31H34F2. The van der Waals surface area contributed by atoms with Crippen molar-refractivity contribution in [3.63, 3.8) is 0 Å². The van der Waals surface area contributed by atoms with Crippen molar-refractivity contribution in [2.45, 2.75) is 77.0 Å². The summed E-state index contributed by atoms with van der Waals surface area (Å²) in [5, 5.41) is 1.53. The Morgan fingerprint density at radius 1 is 0.758 bits per heavy atom. The molecule has 0 N–H and O–H groups in total. The quantitative estimate of drug-likeness (QED) is 0.252. The average Bonchev–Trinajstić information content (AvgIpc) is 2.84. The Labute approximate surface area is 197 Å². The summed E-state index contributed by atoms with van der Waals surface area (Å²) in [7, 11) is 0. The molecule has 4 rings (SSSR count). The van der Waals surface area contributed by atoms with Crippen LogP contribution in [-0.2, 0) is 6.42 Å². The second kappa shape index (κ2) is 11.5. The van der Waals surface area contributed by atoms with Crippen LogP contribution in [0.3, 0.4) is 0 Å². The molecule has 0 aliphatic heterocycles. The van der Waals surface area contributed by atoms with Crippen LogP contribution in [0.2, 0.25) is 0 Å². The summed E-state index contributed by atoms with van der Waals surface area (Å²) in [5.74, 6) is 6.23. The molecule has 0 atom stereocenters. The lowest BCUT2D eigenvalue weighted by Gasteiger charge is -2.26. The Balaban J connectivity index is 1.28. The molecule has 0 nitrogen and oxygen atoms in total. The van der Waals surface area contributed by atoms with Gasteiger partial charge in [0.1, 0.15) is 0 Å². The molecule has 1 aliphatic rings. The first-order valence-electron chi connectivity index (χ1n) is 12.6. The number of hydrogen-bond acceptors (Lipinski definition) is 0. The Kier molecular flexibility index (Phi) is 8.16. The fraction of sp³-hybridized carbons (Fsp3) is 0.419. The highest BCUT2D eigenvalue weighted by Gasteiger charge is 2.21. The molecule has 0 unspecified atom stereocenters. The predicted molar refractivity (Wildman–Crippen MR) is 134 cm³/mol. The van der Waals surface area contributed by atoms with Gasteiger partial charge < -0.3 is 0 Å². The molecule has 0 amide bonds. The third kappa shape index (κ3) is 6.44. The number of benzene rings is 3. The number of aryl methyl sites for hydroxylation is 1. The number of unbranched alkanes of at least 4 members (excludes halogenated alkanes) is 4. The fourth-order valence-electron chi connectivity index (χ4n) is 4.96. The van der Waals surface area contributed by atoms with Crippen molar-refractivity contribution in [2.75, 3.05) is 0 Å². The van der Waals surface area contributed by atoms with Gasteiger partial charge in [0.15, 0.2) is 11.6 Å². The van der Waals surface area contributed by atoms with E-state index < -0.39 is 11.6 Å². The monoisotopic (exact) mass is 444 g/mol. The van der Waals surface area contributed by atoms with E-state index in [0.717, 1.165) is 48.4 Å². The van der Waals surface area contributed by atoms with Crippen LogP contribution in [0.15, 0.2) is 54.6 Å². The molecule has 0 heterocycles. The maximum absolute atomic E-state index is 13.6. The van der Waals surface area contributed by atoms with Crippen LogP contribution in [-0.4, -0.2) is 0 Å². The molecule has 0 spiro atoms. The van der Waals surface area contributed by atoms with E-state index in [1.54, 1.807) is 0 Å². The van der Waals surface area contributed by atoms with Gasteiger partial charge in [0.05, 0.1) is 0 Å². The van der Waals surface area contributed by atoms with Gasteiger partial charge in [-0.05, 0) is 90.6 Å². The van der Waals surface area contributed by atoms with Crippen molar-refractivity contribution in [1.29, 1.82) is 0 Å². The molecule has 2 heteroatoms. The van der Waals surface area contributed by atoms with Gasteiger partial charge in [-0.25, -0.2) is 8.78 Å². The largest absolute Gasteiger partial charge is 0.204 e. The number of rotatable bonds is 7. The summed E-state index contributed by atoms with van der Waals surface area (Å²) in [4.78, 5) is 0. The first-order chi connectivity index (χ1) is 16.1. The zero-order valence-electron chi connectivity index (χ0n) is 19.7. The molecule has 0 aromatic heterocycles. The van der Waals surface area contributed by atoms with Crippen LogP contribution in [0, 0.1) is 29.4 Å². The standard InChI is InChI=1S/C31H34F2/c1-2-3-4-5-6-7-23-8-10-24(11-9-23)12-13-25-14-16-26(17-15-25)27-18-19-28-21-30(32)31(33)22-29(28)20-27/h8-11,18-22,25-26H,2-7,14-17H2,1H3. The fourth-order valence-corrected chi connectivity index (χ4v) is 4.96. The van der Waals surface area contributed by atoms with Gasteiger partial charge >= 0.3 is 0 Å². The number of hydrogen-bond donors (Lipinski definition) is 0. The number of halogens is 2. The Hall–Kier alpha value is -2.66.